The van der Waals surface area contributed by atoms with Crippen LogP contribution in [0.1, 0.15) is 12.5 Å². The molecule has 5 heteroatoms. The highest BCUT2D eigenvalue weighted by molar-refractivity contribution is 5.74. The van der Waals surface area contributed by atoms with Gasteiger partial charge in [0.25, 0.3) is 0 Å². The SMILES string of the molecule is C=CC(OCC)(C(O)Cc1ccccc1)n1nnc2ccccc21. The van der Waals surface area contributed by atoms with E-state index in [0.717, 1.165) is 16.6 Å². The van der Waals surface area contributed by atoms with Crippen LogP contribution in [-0.4, -0.2) is 32.8 Å². The molecular formula is C19H21N3O2. The van der Waals surface area contributed by atoms with Crippen LogP contribution in [0.25, 0.3) is 11.0 Å². The van der Waals surface area contributed by atoms with E-state index in [1.165, 1.54) is 0 Å². The molecule has 0 aliphatic rings. The molecule has 0 bridgehead atoms. The summed E-state index contributed by atoms with van der Waals surface area (Å²) < 4.78 is 7.58. The first-order chi connectivity index (χ1) is 11.7. The predicted molar refractivity (Wildman–Crippen MR) is 93.5 cm³/mol. The fraction of sp³-hybridized carbons (Fsp3) is 0.263. The number of aliphatic hydroxyl groups excluding tert-OH is 1. The highest BCUT2D eigenvalue weighted by Crippen LogP contribution is 2.29. The van der Waals surface area contributed by atoms with Gasteiger partial charge in [-0.1, -0.05) is 54.3 Å². The van der Waals surface area contributed by atoms with Gasteiger partial charge in [-0.05, 0) is 30.7 Å². The Kier molecular flexibility index (Phi) is 4.74. The fourth-order valence-corrected chi connectivity index (χ4v) is 2.92. The summed E-state index contributed by atoms with van der Waals surface area (Å²) in [6, 6.07) is 17.4. The largest absolute Gasteiger partial charge is 0.387 e. The van der Waals surface area contributed by atoms with Crippen molar-refractivity contribution in [2.24, 2.45) is 0 Å². The van der Waals surface area contributed by atoms with Crippen LogP contribution in [0.5, 0.6) is 0 Å². The molecule has 0 saturated heterocycles. The number of aromatic nitrogens is 3. The summed E-state index contributed by atoms with van der Waals surface area (Å²) in [5, 5.41) is 19.4. The van der Waals surface area contributed by atoms with Gasteiger partial charge in [0.05, 0.1) is 5.52 Å². The number of fused-ring (bicyclic) bond motifs is 1. The van der Waals surface area contributed by atoms with Crippen molar-refractivity contribution >= 4 is 11.0 Å². The van der Waals surface area contributed by atoms with E-state index < -0.39 is 11.8 Å². The van der Waals surface area contributed by atoms with Crippen molar-refractivity contribution < 1.29 is 9.84 Å². The van der Waals surface area contributed by atoms with E-state index in [9.17, 15) is 5.11 Å². The Balaban J connectivity index is 2.05. The van der Waals surface area contributed by atoms with Gasteiger partial charge in [-0.15, -0.1) is 5.10 Å². The second-order valence-corrected chi connectivity index (χ2v) is 5.58. The summed E-state index contributed by atoms with van der Waals surface area (Å²) in [6.45, 7) is 6.19. The molecule has 1 heterocycles. The summed E-state index contributed by atoms with van der Waals surface area (Å²) in [6.07, 6.45) is 1.16. The first-order valence-electron chi connectivity index (χ1n) is 8.01. The number of para-hydroxylation sites is 1. The zero-order chi connectivity index (χ0) is 17.0. The van der Waals surface area contributed by atoms with Gasteiger partial charge in [0.15, 0.2) is 0 Å². The van der Waals surface area contributed by atoms with Crippen LogP contribution >= 0.6 is 0 Å². The van der Waals surface area contributed by atoms with Crippen LogP contribution in [0.3, 0.4) is 0 Å². The minimum atomic E-state index is -1.18. The van der Waals surface area contributed by atoms with E-state index in [2.05, 4.69) is 16.9 Å². The average Bonchev–Trinajstić information content (AvgIpc) is 3.05. The first kappa shape index (κ1) is 16.4. The van der Waals surface area contributed by atoms with Crippen LogP contribution in [0, 0.1) is 0 Å². The van der Waals surface area contributed by atoms with Crippen LogP contribution < -0.4 is 0 Å². The summed E-state index contributed by atoms with van der Waals surface area (Å²) in [4.78, 5) is 0. The Morgan fingerprint density at radius 1 is 1.21 bits per heavy atom. The van der Waals surface area contributed by atoms with E-state index in [4.69, 9.17) is 4.74 Å². The van der Waals surface area contributed by atoms with Crippen LogP contribution in [0.15, 0.2) is 67.3 Å². The molecule has 3 rings (SSSR count). The van der Waals surface area contributed by atoms with Gasteiger partial charge in [-0.3, -0.25) is 0 Å². The minimum absolute atomic E-state index is 0.409. The third kappa shape index (κ3) is 2.84. The smallest absolute Gasteiger partial charge is 0.208 e. The Bertz CT molecular complexity index is 816. The van der Waals surface area contributed by atoms with Crippen molar-refractivity contribution in [3.8, 4) is 0 Å². The lowest BCUT2D eigenvalue weighted by Crippen LogP contribution is -2.47. The maximum absolute atomic E-state index is 11.0. The quantitative estimate of drug-likeness (QED) is 0.679. The van der Waals surface area contributed by atoms with E-state index in [1.807, 2.05) is 61.5 Å². The van der Waals surface area contributed by atoms with Gasteiger partial charge in [0.1, 0.15) is 11.6 Å². The average molecular weight is 323 g/mol. The molecule has 5 nitrogen and oxygen atoms in total. The second kappa shape index (κ2) is 6.95. The number of nitrogens with zero attached hydrogens (tertiary/aromatic N) is 3. The van der Waals surface area contributed by atoms with Crippen LogP contribution in [0.4, 0.5) is 0 Å². The van der Waals surface area contributed by atoms with Crippen LogP contribution in [-0.2, 0) is 16.9 Å². The summed E-state index contributed by atoms with van der Waals surface area (Å²) in [5.41, 5.74) is 1.37. The van der Waals surface area contributed by atoms with Gasteiger partial charge in [0.2, 0.25) is 5.72 Å². The van der Waals surface area contributed by atoms with Gasteiger partial charge in [-0.25, -0.2) is 4.68 Å². The molecule has 0 spiro atoms. The molecule has 0 saturated carbocycles. The van der Waals surface area contributed by atoms with Crippen molar-refractivity contribution in [2.45, 2.75) is 25.2 Å². The first-order valence-corrected chi connectivity index (χ1v) is 8.01. The third-order valence-corrected chi connectivity index (χ3v) is 4.10. The Labute approximate surface area is 141 Å². The van der Waals surface area contributed by atoms with E-state index >= 15 is 0 Å². The molecule has 0 aliphatic carbocycles. The van der Waals surface area contributed by atoms with Gasteiger partial charge in [-0.2, -0.15) is 0 Å². The Hall–Kier alpha value is -2.50. The highest BCUT2D eigenvalue weighted by atomic mass is 16.5. The summed E-state index contributed by atoms with van der Waals surface area (Å²) in [7, 11) is 0. The Morgan fingerprint density at radius 3 is 2.62 bits per heavy atom. The summed E-state index contributed by atoms with van der Waals surface area (Å²) in [5.74, 6) is 0. The lowest BCUT2D eigenvalue weighted by Gasteiger charge is -2.35. The molecule has 24 heavy (non-hydrogen) atoms. The van der Waals surface area contributed by atoms with Crippen molar-refractivity contribution in [1.82, 2.24) is 15.0 Å². The molecule has 2 atom stereocenters. The molecule has 124 valence electrons. The lowest BCUT2D eigenvalue weighted by atomic mass is 9.98. The topological polar surface area (TPSA) is 60.2 Å². The normalized spacial score (nSPS) is 15.1. The number of hydrogen-bond acceptors (Lipinski definition) is 4. The summed E-state index contributed by atoms with van der Waals surface area (Å²) >= 11 is 0. The zero-order valence-corrected chi connectivity index (χ0v) is 13.7. The monoisotopic (exact) mass is 323 g/mol. The second-order valence-electron chi connectivity index (χ2n) is 5.58. The van der Waals surface area contributed by atoms with Crippen molar-refractivity contribution in [2.75, 3.05) is 6.61 Å². The molecular weight excluding hydrogens is 302 g/mol. The zero-order valence-electron chi connectivity index (χ0n) is 13.7. The molecule has 1 N–H and O–H groups in total. The Morgan fingerprint density at radius 2 is 1.92 bits per heavy atom. The van der Waals surface area contributed by atoms with E-state index in [-0.39, 0.29) is 0 Å². The molecule has 2 aromatic carbocycles. The minimum Gasteiger partial charge on any atom is -0.387 e. The van der Waals surface area contributed by atoms with Gasteiger partial charge < -0.3 is 9.84 Å². The molecule has 2 unspecified atom stereocenters. The number of aliphatic hydroxyl groups is 1. The molecule has 0 radical (unpaired) electrons. The number of benzene rings is 2. The van der Waals surface area contributed by atoms with E-state index in [1.54, 1.807) is 10.8 Å². The van der Waals surface area contributed by atoms with Crippen molar-refractivity contribution in [3.63, 3.8) is 0 Å². The number of ether oxygens (including phenoxy) is 1. The number of rotatable bonds is 7. The molecule has 0 amide bonds. The van der Waals surface area contributed by atoms with Gasteiger partial charge >= 0.3 is 0 Å². The fourth-order valence-electron chi connectivity index (χ4n) is 2.92. The van der Waals surface area contributed by atoms with Gasteiger partial charge in [0, 0.05) is 13.0 Å². The van der Waals surface area contributed by atoms with Crippen LogP contribution in [0.2, 0.25) is 0 Å². The lowest BCUT2D eigenvalue weighted by molar-refractivity contribution is -0.145. The molecule has 0 fully saturated rings. The third-order valence-electron chi connectivity index (χ3n) is 4.10. The maximum Gasteiger partial charge on any atom is 0.208 e. The highest BCUT2D eigenvalue weighted by Gasteiger charge is 2.40. The van der Waals surface area contributed by atoms with Crippen molar-refractivity contribution in [3.05, 3.63) is 72.8 Å². The molecule has 0 aliphatic heterocycles. The van der Waals surface area contributed by atoms with Crippen molar-refractivity contribution in [1.29, 1.82) is 0 Å². The predicted octanol–water partition coefficient (Wildman–Crippen LogP) is 2.91. The number of hydrogen-bond donors (Lipinski definition) is 1. The molecule has 3 aromatic rings. The maximum atomic E-state index is 11.0. The standard InChI is InChI=1S/C19H21N3O2/c1-3-19(24-4-2,18(23)14-15-10-6-5-7-11-15)22-17-13-9-8-12-16(17)20-21-22/h3,5-13,18,23H,1,4,14H2,2H3. The molecule has 1 aromatic heterocycles. The van der Waals surface area contributed by atoms with E-state index in [0.29, 0.717) is 13.0 Å².